The zero-order chi connectivity index (χ0) is 13.2. The van der Waals surface area contributed by atoms with Crippen molar-refractivity contribution < 1.29 is 4.74 Å². The lowest BCUT2D eigenvalue weighted by atomic mass is 9.89. The summed E-state index contributed by atoms with van der Waals surface area (Å²) in [7, 11) is 1.98. The van der Waals surface area contributed by atoms with Gasteiger partial charge in [-0.25, -0.2) is 0 Å². The van der Waals surface area contributed by atoms with Gasteiger partial charge in [0.05, 0.1) is 11.6 Å². The van der Waals surface area contributed by atoms with Gasteiger partial charge in [0.1, 0.15) is 12.2 Å². The van der Waals surface area contributed by atoms with Gasteiger partial charge in [0, 0.05) is 19.7 Å². The largest absolute Gasteiger partial charge is 0.375 e. The molecule has 0 aliphatic carbocycles. The zero-order valence-electron chi connectivity index (χ0n) is 11.8. The summed E-state index contributed by atoms with van der Waals surface area (Å²) in [6, 6.07) is 0.720. The molecule has 3 atom stereocenters. The summed E-state index contributed by atoms with van der Waals surface area (Å²) in [4.78, 5) is 0. The number of aryl methyl sites for hydroxylation is 1. The van der Waals surface area contributed by atoms with Crippen LogP contribution in [0.25, 0.3) is 0 Å². The number of rotatable bonds is 4. The molecule has 1 aliphatic rings. The van der Waals surface area contributed by atoms with Gasteiger partial charge < -0.3 is 14.6 Å². The topological polar surface area (TPSA) is 52.0 Å². The molecule has 2 rings (SSSR count). The minimum absolute atomic E-state index is 0.0233. The molecule has 0 aromatic carbocycles. The van der Waals surface area contributed by atoms with Crippen molar-refractivity contribution in [3.8, 4) is 0 Å². The van der Waals surface area contributed by atoms with E-state index in [-0.39, 0.29) is 11.6 Å². The average molecular weight is 252 g/mol. The molecule has 0 bridgehead atoms. The highest BCUT2D eigenvalue weighted by Crippen LogP contribution is 2.28. The van der Waals surface area contributed by atoms with Crippen molar-refractivity contribution >= 4 is 0 Å². The predicted octanol–water partition coefficient (Wildman–Crippen LogP) is 1.81. The number of nitrogens with zero attached hydrogens (tertiary/aromatic N) is 3. The average Bonchev–Trinajstić information content (AvgIpc) is 2.76. The van der Waals surface area contributed by atoms with Crippen molar-refractivity contribution in [1.29, 1.82) is 0 Å². The van der Waals surface area contributed by atoms with Crippen LogP contribution in [0.4, 0.5) is 0 Å². The van der Waals surface area contributed by atoms with E-state index in [9.17, 15) is 0 Å². The molecule has 2 heterocycles. The number of hydrogen-bond donors (Lipinski definition) is 1. The predicted molar refractivity (Wildman–Crippen MR) is 70.2 cm³/mol. The van der Waals surface area contributed by atoms with E-state index < -0.39 is 0 Å². The molecule has 1 saturated heterocycles. The Labute approximate surface area is 109 Å². The van der Waals surface area contributed by atoms with E-state index in [1.165, 1.54) is 0 Å². The molecule has 1 N–H and O–H groups in total. The number of aromatic nitrogens is 3. The molecule has 3 unspecified atom stereocenters. The van der Waals surface area contributed by atoms with Gasteiger partial charge in [0.2, 0.25) is 0 Å². The SMILES string of the molecule is CCC1(C)CC(NC(C)c2nncn2C)CCO1. The van der Waals surface area contributed by atoms with Gasteiger partial charge in [-0.3, -0.25) is 0 Å². The summed E-state index contributed by atoms with van der Waals surface area (Å²) in [5, 5.41) is 11.7. The Balaban J connectivity index is 1.95. The normalized spacial score (nSPS) is 30.3. The number of nitrogens with one attached hydrogen (secondary N) is 1. The lowest BCUT2D eigenvalue weighted by molar-refractivity contribution is -0.0790. The standard InChI is InChI=1S/C13H24N4O/c1-5-13(3)8-11(6-7-18-13)15-10(2)12-16-14-9-17(12)4/h9-11,15H,5-8H2,1-4H3. The third kappa shape index (κ3) is 2.90. The van der Waals surface area contributed by atoms with Crippen molar-refractivity contribution in [2.24, 2.45) is 7.05 Å². The van der Waals surface area contributed by atoms with Crippen LogP contribution in [0, 0.1) is 0 Å². The van der Waals surface area contributed by atoms with Crippen LogP contribution < -0.4 is 5.32 Å². The summed E-state index contributed by atoms with van der Waals surface area (Å²) in [6.07, 6.45) is 4.93. The van der Waals surface area contributed by atoms with Gasteiger partial charge in [-0.1, -0.05) is 6.92 Å². The Morgan fingerprint density at radius 1 is 1.67 bits per heavy atom. The second-order valence-electron chi connectivity index (χ2n) is 5.53. The number of hydrogen-bond acceptors (Lipinski definition) is 4. The maximum absolute atomic E-state index is 5.87. The van der Waals surface area contributed by atoms with Crippen LogP contribution in [0.2, 0.25) is 0 Å². The van der Waals surface area contributed by atoms with Crippen LogP contribution in [0.5, 0.6) is 0 Å². The Morgan fingerprint density at radius 3 is 3.06 bits per heavy atom. The van der Waals surface area contributed by atoms with Gasteiger partial charge in [-0.05, 0) is 33.1 Å². The first-order valence-corrected chi connectivity index (χ1v) is 6.78. The quantitative estimate of drug-likeness (QED) is 0.888. The maximum Gasteiger partial charge on any atom is 0.149 e. The minimum Gasteiger partial charge on any atom is -0.375 e. The summed E-state index contributed by atoms with van der Waals surface area (Å²) in [5.74, 6) is 0.986. The Kier molecular flexibility index (Phi) is 4.02. The first kappa shape index (κ1) is 13.5. The molecule has 0 saturated carbocycles. The fraction of sp³-hybridized carbons (Fsp3) is 0.846. The number of ether oxygens (including phenoxy) is 1. The van der Waals surface area contributed by atoms with E-state index >= 15 is 0 Å². The van der Waals surface area contributed by atoms with Crippen molar-refractivity contribution in [3.63, 3.8) is 0 Å². The van der Waals surface area contributed by atoms with E-state index in [0.717, 1.165) is 31.7 Å². The highest BCUT2D eigenvalue weighted by Gasteiger charge is 2.32. The van der Waals surface area contributed by atoms with Crippen LogP contribution in [0.3, 0.4) is 0 Å². The van der Waals surface area contributed by atoms with Crippen molar-refractivity contribution in [3.05, 3.63) is 12.2 Å². The Morgan fingerprint density at radius 2 is 2.44 bits per heavy atom. The molecular formula is C13H24N4O. The lowest BCUT2D eigenvalue weighted by Gasteiger charge is -2.39. The van der Waals surface area contributed by atoms with Crippen molar-refractivity contribution in [2.45, 2.75) is 57.7 Å². The first-order valence-electron chi connectivity index (χ1n) is 6.78. The molecule has 5 nitrogen and oxygen atoms in total. The van der Waals surface area contributed by atoms with E-state index in [4.69, 9.17) is 4.74 Å². The van der Waals surface area contributed by atoms with E-state index in [2.05, 4.69) is 36.3 Å². The van der Waals surface area contributed by atoms with Gasteiger partial charge in [0.15, 0.2) is 0 Å². The first-order chi connectivity index (χ1) is 8.54. The van der Waals surface area contributed by atoms with E-state index in [1.54, 1.807) is 6.33 Å². The molecular weight excluding hydrogens is 228 g/mol. The third-order valence-electron chi connectivity index (χ3n) is 3.96. The molecule has 0 spiro atoms. The van der Waals surface area contributed by atoms with Gasteiger partial charge >= 0.3 is 0 Å². The second kappa shape index (κ2) is 5.36. The lowest BCUT2D eigenvalue weighted by Crippen LogP contribution is -2.46. The molecule has 1 fully saturated rings. The summed E-state index contributed by atoms with van der Waals surface area (Å²) < 4.78 is 7.84. The van der Waals surface area contributed by atoms with E-state index in [1.807, 2.05) is 11.6 Å². The highest BCUT2D eigenvalue weighted by atomic mass is 16.5. The minimum atomic E-state index is 0.0233. The molecule has 1 aromatic heterocycles. The highest BCUT2D eigenvalue weighted by molar-refractivity contribution is 4.95. The van der Waals surface area contributed by atoms with Gasteiger partial charge in [-0.2, -0.15) is 0 Å². The van der Waals surface area contributed by atoms with Crippen LogP contribution in [0.1, 0.15) is 51.9 Å². The molecule has 1 aliphatic heterocycles. The summed E-state index contributed by atoms with van der Waals surface area (Å²) in [6.45, 7) is 7.37. The fourth-order valence-corrected chi connectivity index (χ4v) is 2.63. The van der Waals surface area contributed by atoms with Crippen molar-refractivity contribution in [2.75, 3.05) is 6.61 Å². The zero-order valence-corrected chi connectivity index (χ0v) is 11.8. The molecule has 5 heteroatoms. The molecule has 0 amide bonds. The van der Waals surface area contributed by atoms with Gasteiger partial charge in [-0.15, -0.1) is 10.2 Å². The molecule has 18 heavy (non-hydrogen) atoms. The third-order valence-corrected chi connectivity index (χ3v) is 3.96. The van der Waals surface area contributed by atoms with Crippen LogP contribution in [0.15, 0.2) is 6.33 Å². The Bertz CT molecular complexity index is 392. The fourth-order valence-electron chi connectivity index (χ4n) is 2.63. The van der Waals surface area contributed by atoms with Crippen LogP contribution in [-0.2, 0) is 11.8 Å². The Hall–Kier alpha value is -0.940. The van der Waals surface area contributed by atoms with Crippen LogP contribution >= 0.6 is 0 Å². The smallest absolute Gasteiger partial charge is 0.149 e. The maximum atomic E-state index is 5.87. The monoisotopic (exact) mass is 252 g/mol. The van der Waals surface area contributed by atoms with Crippen molar-refractivity contribution in [1.82, 2.24) is 20.1 Å². The second-order valence-corrected chi connectivity index (χ2v) is 5.53. The van der Waals surface area contributed by atoms with E-state index in [0.29, 0.717) is 6.04 Å². The van der Waals surface area contributed by atoms with Gasteiger partial charge in [0.25, 0.3) is 0 Å². The van der Waals surface area contributed by atoms with Crippen LogP contribution in [-0.4, -0.2) is 33.0 Å². The molecule has 0 radical (unpaired) electrons. The molecule has 102 valence electrons. The molecule has 1 aromatic rings. The summed E-state index contributed by atoms with van der Waals surface area (Å²) >= 11 is 0. The summed E-state index contributed by atoms with van der Waals surface area (Å²) in [5.41, 5.74) is 0.0233.